The number of nitrogens with one attached hydrogen (secondary N) is 1. The van der Waals surface area contributed by atoms with Crippen LogP contribution in [0, 0.1) is 20.8 Å². The molecule has 1 N–H and O–H groups in total. The van der Waals surface area contributed by atoms with Crippen LogP contribution in [0.3, 0.4) is 0 Å². The normalized spacial score (nSPS) is 16.4. The average Bonchev–Trinajstić information content (AvgIpc) is 3.45. The molecular formula is C26H29N3O3S. The van der Waals surface area contributed by atoms with Gasteiger partial charge in [0.2, 0.25) is 5.91 Å². The SMILES string of the molecule is Cc1cccc(N(C(=O)c2sc(C)nc2C)[C@@H](C(=O)NC[C@@H]2CCCO2)c2ccccc2)c1. The van der Waals surface area contributed by atoms with Gasteiger partial charge < -0.3 is 10.1 Å². The molecule has 6 nitrogen and oxygen atoms in total. The van der Waals surface area contributed by atoms with E-state index in [-0.39, 0.29) is 17.9 Å². The van der Waals surface area contributed by atoms with Crippen LogP contribution in [0.15, 0.2) is 54.6 Å². The molecule has 0 unspecified atom stereocenters. The fourth-order valence-corrected chi connectivity index (χ4v) is 5.03. The van der Waals surface area contributed by atoms with E-state index in [2.05, 4.69) is 10.3 Å². The Morgan fingerprint density at radius 1 is 1.15 bits per heavy atom. The monoisotopic (exact) mass is 463 g/mol. The van der Waals surface area contributed by atoms with Crippen molar-refractivity contribution in [3.8, 4) is 0 Å². The lowest BCUT2D eigenvalue weighted by molar-refractivity contribution is -0.123. The van der Waals surface area contributed by atoms with Gasteiger partial charge in [0.15, 0.2) is 0 Å². The van der Waals surface area contributed by atoms with Crippen molar-refractivity contribution in [2.45, 2.75) is 45.8 Å². The van der Waals surface area contributed by atoms with Crippen molar-refractivity contribution >= 4 is 28.8 Å². The molecule has 4 rings (SSSR count). The van der Waals surface area contributed by atoms with Gasteiger partial charge in [-0.15, -0.1) is 11.3 Å². The summed E-state index contributed by atoms with van der Waals surface area (Å²) in [6, 6.07) is 16.3. The first kappa shape index (κ1) is 23.1. The number of carbonyl (C=O) groups excluding carboxylic acids is 2. The molecular weight excluding hydrogens is 434 g/mol. The molecule has 33 heavy (non-hydrogen) atoms. The molecule has 7 heteroatoms. The first-order chi connectivity index (χ1) is 15.9. The van der Waals surface area contributed by atoms with Crippen molar-refractivity contribution in [3.63, 3.8) is 0 Å². The third-order valence-electron chi connectivity index (χ3n) is 5.75. The molecule has 2 amide bonds. The molecule has 0 bridgehead atoms. The quantitative estimate of drug-likeness (QED) is 0.549. The van der Waals surface area contributed by atoms with E-state index in [1.807, 2.05) is 75.4 Å². The van der Waals surface area contributed by atoms with Gasteiger partial charge in [-0.3, -0.25) is 14.5 Å². The lowest BCUT2D eigenvalue weighted by atomic mass is 10.0. The van der Waals surface area contributed by atoms with Gasteiger partial charge >= 0.3 is 0 Å². The van der Waals surface area contributed by atoms with Crippen molar-refractivity contribution in [2.24, 2.45) is 0 Å². The van der Waals surface area contributed by atoms with Crippen LogP contribution in [0.2, 0.25) is 0 Å². The maximum atomic E-state index is 14.0. The van der Waals surface area contributed by atoms with Crippen LogP contribution in [0.5, 0.6) is 0 Å². The number of rotatable bonds is 7. The molecule has 1 fully saturated rings. The van der Waals surface area contributed by atoms with Gasteiger partial charge in [0.05, 0.1) is 16.8 Å². The van der Waals surface area contributed by atoms with E-state index < -0.39 is 6.04 Å². The number of aryl methyl sites for hydroxylation is 3. The lowest BCUT2D eigenvalue weighted by Gasteiger charge is -2.32. The number of hydrogen-bond acceptors (Lipinski definition) is 5. The first-order valence-electron chi connectivity index (χ1n) is 11.2. The Balaban J connectivity index is 1.77. The van der Waals surface area contributed by atoms with Crippen molar-refractivity contribution in [1.82, 2.24) is 10.3 Å². The van der Waals surface area contributed by atoms with Gasteiger partial charge in [-0.2, -0.15) is 0 Å². The van der Waals surface area contributed by atoms with Crippen molar-refractivity contribution in [1.29, 1.82) is 0 Å². The summed E-state index contributed by atoms with van der Waals surface area (Å²) < 4.78 is 5.68. The Kier molecular flexibility index (Phi) is 7.20. The fraction of sp³-hybridized carbons (Fsp3) is 0.346. The zero-order valence-corrected chi connectivity index (χ0v) is 20.0. The standard InChI is InChI=1S/C26H29N3O3S/c1-17-9-7-12-21(15-17)29(26(31)24-18(2)28-19(3)33-24)23(20-10-5-4-6-11-20)25(30)27-16-22-13-8-14-32-22/h4-7,9-12,15,22-23H,8,13-14,16H2,1-3H3,(H,27,30)/t22-,23+/m0/s1. The largest absolute Gasteiger partial charge is 0.376 e. The minimum absolute atomic E-state index is 0.0138. The van der Waals surface area contributed by atoms with Crippen molar-refractivity contribution < 1.29 is 14.3 Å². The number of hydrogen-bond donors (Lipinski definition) is 1. The molecule has 1 aromatic heterocycles. The number of carbonyl (C=O) groups is 2. The molecule has 172 valence electrons. The Bertz CT molecular complexity index is 1120. The second-order valence-corrected chi connectivity index (χ2v) is 9.56. The molecule has 2 aromatic carbocycles. The number of benzene rings is 2. The summed E-state index contributed by atoms with van der Waals surface area (Å²) >= 11 is 1.35. The van der Waals surface area contributed by atoms with Crippen LogP contribution in [0.1, 0.15) is 50.4 Å². The maximum absolute atomic E-state index is 14.0. The zero-order chi connectivity index (χ0) is 23.4. The summed E-state index contributed by atoms with van der Waals surface area (Å²) in [5.41, 5.74) is 3.10. The van der Waals surface area contributed by atoms with Gasteiger partial charge in [0.1, 0.15) is 10.9 Å². The number of aromatic nitrogens is 1. The molecule has 0 saturated carbocycles. The molecule has 3 aromatic rings. The van der Waals surface area contributed by atoms with Crippen LogP contribution in [0.4, 0.5) is 5.69 Å². The predicted molar refractivity (Wildman–Crippen MR) is 131 cm³/mol. The van der Waals surface area contributed by atoms with Crippen LogP contribution < -0.4 is 10.2 Å². The molecule has 0 radical (unpaired) electrons. The van der Waals surface area contributed by atoms with E-state index in [1.54, 1.807) is 4.90 Å². The minimum Gasteiger partial charge on any atom is -0.376 e. The lowest BCUT2D eigenvalue weighted by Crippen LogP contribution is -2.45. The average molecular weight is 464 g/mol. The minimum atomic E-state index is -0.830. The highest BCUT2D eigenvalue weighted by atomic mass is 32.1. The number of amides is 2. The third kappa shape index (κ3) is 5.31. The number of nitrogens with zero attached hydrogens (tertiary/aromatic N) is 2. The number of ether oxygens (including phenoxy) is 1. The summed E-state index contributed by atoms with van der Waals surface area (Å²) in [5, 5.41) is 3.86. The molecule has 0 spiro atoms. The van der Waals surface area contributed by atoms with Gasteiger partial charge in [0, 0.05) is 18.8 Å². The molecule has 1 aliphatic rings. The molecule has 2 atom stereocenters. The fourth-order valence-electron chi connectivity index (χ4n) is 4.17. The smallest absolute Gasteiger partial charge is 0.271 e. The second-order valence-electron chi connectivity index (χ2n) is 8.35. The predicted octanol–water partition coefficient (Wildman–Crippen LogP) is 4.75. The first-order valence-corrected chi connectivity index (χ1v) is 12.0. The van der Waals surface area contributed by atoms with Crippen LogP contribution in [0.25, 0.3) is 0 Å². The van der Waals surface area contributed by atoms with Crippen LogP contribution in [-0.4, -0.2) is 36.1 Å². The van der Waals surface area contributed by atoms with Crippen molar-refractivity contribution in [3.05, 3.63) is 81.3 Å². The Morgan fingerprint density at radius 3 is 2.58 bits per heavy atom. The van der Waals surface area contributed by atoms with E-state index in [4.69, 9.17) is 4.74 Å². The maximum Gasteiger partial charge on any atom is 0.271 e. The number of thiazole rings is 1. The van der Waals surface area contributed by atoms with Crippen molar-refractivity contribution in [2.75, 3.05) is 18.1 Å². The highest BCUT2D eigenvalue weighted by Gasteiger charge is 2.35. The zero-order valence-electron chi connectivity index (χ0n) is 19.2. The Labute approximate surface area is 198 Å². The van der Waals surface area contributed by atoms with Gasteiger partial charge in [-0.05, 0) is 56.9 Å². The van der Waals surface area contributed by atoms with E-state index in [0.29, 0.717) is 22.8 Å². The molecule has 2 heterocycles. The Morgan fingerprint density at radius 2 is 1.94 bits per heavy atom. The molecule has 0 aliphatic carbocycles. The topological polar surface area (TPSA) is 71.5 Å². The summed E-state index contributed by atoms with van der Waals surface area (Å²) in [4.78, 5) is 34.2. The van der Waals surface area contributed by atoms with Gasteiger partial charge in [-0.25, -0.2) is 4.98 Å². The number of anilines is 1. The Hall–Kier alpha value is -3.03. The summed E-state index contributed by atoms with van der Waals surface area (Å²) in [6.45, 7) is 6.84. The molecule has 1 aliphatic heterocycles. The molecule has 1 saturated heterocycles. The van der Waals surface area contributed by atoms with Crippen LogP contribution >= 0.6 is 11.3 Å². The van der Waals surface area contributed by atoms with E-state index in [9.17, 15) is 9.59 Å². The second kappa shape index (κ2) is 10.3. The van der Waals surface area contributed by atoms with E-state index >= 15 is 0 Å². The summed E-state index contributed by atoms with van der Waals surface area (Å²) in [5.74, 6) is -0.463. The highest BCUT2D eigenvalue weighted by Crippen LogP contribution is 2.32. The van der Waals surface area contributed by atoms with Gasteiger partial charge in [0.25, 0.3) is 5.91 Å². The summed E-state index contributed by atoms with van der Waals surface area (Å²) in [6.07, 6.45) is 1.94. The van der Waals surface area contributed by atoms with Crippen LogP contribution in [-0.2, 0) is 9.53 Å². The van der Waals surface area contributed by atoms with Gasteiger partial charge in [-0.1, -0.05) is 42.5 Å². The van der Waals surface area contributed by atoms with E-state index in [0.717, 1.165) is 35.6 Å². The highest BCUT2D eigenvalue weighted by molar-refractivity contribution is 7.13. The summed E-state index contributed by atoms with van der Waals surface area (Å²) in [7, 11) is 0. The van der Waals surface area contributed by atoms with E-state index in [1.165, 1.54) is 11.3 Å². The third-order valence-corrected chi connectivity index (χ3v) is 6.81.